The predicted molar refractivity (Wildman–Crippen MR) is 111 cm³/mol. The zero-order valence-corrected chi connectivity index (χ0v) is 17.4. The highest BCUT2D eigenvalue weighted by atomic mass is 32.2. The van der Waals surface area contributed by atoms with Gasteiger partial charge in [-0.15, -0.1) is 0 Å². The molecule has 2 aliphatic heterocycles. The number of carboxylic acid groups (broad SMARTS) is 1. The van der Waals surface area contributed by atoms with Gasteiger partial charge in [-0.25, -0.2) is 13.3 Å². The van der Waals surface area contributed by atoms with Gasteiger partial charge in [0.15, 0.2) is 0 Å². The lowest BCUT2D eigenvalue weighted by Crippen LogP contribution is -2.48. The van der Waals surface area contributed by atoms with Gasteiger partial charge in [0.05, 0.1) is 28.1 Å². The number of nitrogens with zero attached hydrogens (tertiary/aromatic N) is 3. The molecule has 0 bridgehead atoms. The molecule has 2 aromatic rings. The largest absolute Gasteiger partial charge is 0.481 e. The van der Waals surface area contributed by atoms with Gasteiger partial charge in [0.25, 0.3) is 11.8 Å². The third-order valence-corrected chi connectivity index (χ3v) is 7.41. The summed E-state index contributed by atoms with van der Waals surface area (Å²) in [5.74, 6) is -1.75. The maximum absolute atomic E-state index is 13.0. The number of piperazine rings is 1. The quantitative estimate of drug-likeness (QED) is 0.669. The van der Waals surface area contributed by atoms with E-state index in [4.69, 9.17) is 5.11 Å². The van der Waals surface area contributed by atoms with Gasteiger partial charge in [-0.3, -0.25) is 14.4 Å². The second kappa shape index (κ2) is 8.22. The minimum absolute atomic E-state index is 0.0199. The van der Waals surface area contributed by atoms with Crippen LogP contribution >= 0.6 is 0 Å². The fourth-order valence-corrected chi connectivity index (χ4v) is 5.21. The lowest BCUT2D eigenvalue weighted by atomic mass is 10.1. The number of rotatable bonds is 6. The number of hydrogen-bond donors (Lipinski definition) is 1. The van der Waals surface area contributed by atoms with Crippen molar-refractivity contribution in [2.24, 2.45) is 0 Å². The molecule has 0 atom stereocenters. The van der Waals surface area contributed by atoms with Crippen LogP contribution in [0.15, 0.2) is 53.4 Å². The summed E-state index contributed by atoms with van der Waals surface area (Å²) in [5.41, 5.74) is 0.957. The van der Waals surface area contributed by atoms with E-state index in [0.717, 1.165) is 4.90 Å². The molecule has 0 unspecified atom stereocenters. The van der Waals surface area contributed by atoms with Gasteiger partial charge in [0, 0.05) is 32.7 Å². The van der Waals surface area contributed by atoms with Gasteiger partial charge in [0.1, 0.15) is 0 Å². The van der Waals surface area contributed by atoms with Crippen LogP contribution in [0.25, 0.3) is 0 Å². The number of fused-ring (bicyclic) bond motifs is 1. The summed E-state index contributed by atoms with van der Waals surface area (Å²) >= 11 is 0. The number of anilines is 1. The van der Waals surface area contributed by atoms with Crippen molar-refractivity contribution in [1.29, 1.82) is 0 Å². The topological polar surface area (TPSA) is 115 Å². The first-order valence-electron chi connectivity index (χ1n) is 9.81. The molecule has 31 heavy (non-hydrogen) atoms. The van der Waals surface area contributed by atoms with E-state index in [1.54, 1.807) is 24.3 Å². The Bertz CT molecular complexity index is 1100. The van der Waals surface area contributed by atoms with Crippen molar-refractivity contribution in [2.75, 3.05) is 37.6 Å². The third kappa shape index (κ3) is 3.97. The first-order chi connectivity index (χ1) is 14.8. The number of hydrogen-bond acceptors (Lipinski definition) is 6. The molecule has 0 aromatic heterocycles. The van der Waals surface area contributed by atoms with Crippen molar-refractivity contribution in [2.45, 2.75) is 11.3 Å². The average molecular weight is 443 g/mol. The molecule has 2 aromatic carbocycles. The number of carbonyl (C=O) groups excluding carboxylic acids is 2. The molecular formula is C21H21N3O6S. The summed E-state index contributed by atoms with van der Waals surface area (Å²) in [6, 6.07) is 12.2. The summed E-state index contributed by atoms with van der Waals surface area (Å²) in [4.78, 5) is 38.9. The van der Waals surface area contributed by atoms with Crippen LogP contribution in [0, 0.1) is 0 Å². The standard InChI is InChI=1S/C21H21N3O6S/c25-19(26)9-10-22-11-13-23(14-12-22)31(29,30)16-7-5-15(6-8-16)24-20(27)17-3-1-2-4-18(17)21(24)28/h1-8H,9-14H2,(H,25,26). The maximum Gasteiger partial charge on any atom is 0.304 e. The molecule has 4 rings (SSSR count). The van der Waals surface area contributed by atoms with Crippen LogP contribution in [0.5, 0.6) is 0 Å². The highest BCUT2D eigenvalue weighted by molar-refractivity contribution is 7.89. The zero-order chi connectivity index (χ0) is 22.2. The fourth-order valence-electron chi connectivity index (χ4n) is 3.79. The van der Waals surface area contributed by atoms with Gasteiger partial charge < -0.3 is 10.0 Å². The Morgan fingerprint density at radius 3 is 1.94 bits per heavy atom. The van der Waals surface area contributed by atoms with Gasteiger partial charge in [-0.2, -0.15) is 4.31 Å². The monoisotopic (exact) mass is 443 g/mol. The van der Waals surface area contributed by atoms with Crippen molar-refractivity contribution < 1.29 is 27.9 Å². The molecule has 0 spiro atoms. The third-order valence-electron chi connectivity index (χ3n) is 5.50. The lowest BCUT2D eigenvalue weighted by molar-refractivity contribution is -0.137. The van der Waals surface area contributed by atoms with Gasteiger partial charge in [-0.1, -0.05) is 12.1 Å². The van der Waals surface area contributed by atoms with E-state index in [-0.39, 0.29) is 24.4 Å². The number of sulfonamides is 1. The van der Waals surface area contributed by atoms with Crippen LogP contribution in [-0.2, 0) is 14.8 Å². The van der Waals surface area contributed by atoms with Gasteiger partial charge in [-0.05, 0) is 36.4 Å². The molecule has 0 radical (unpaired) electrons. The van der Waals surface area contributed by atoms with Crippen molar-refractivity contribution in [1.82, 2.24) is 9.21 Å². The van der Waals surface area contributed by atoms with Crippen LogP contribution in [0.2, 0.25) is 0 Å². The van der Waals surface area contributed by atoms with E-state index in [1.807, 2.05) is 4.90 Å². The van der Waals surface area contributed by atoms with Gasteiger partial charge >= 0.3 is 5.97 Å². The summed E-state index contributed by atoms with van der Waals surface area (Å²) in [7, 11) is -3.74. The Balaban J connectivity index is 1.47. The minimum Gasteiger partial charge on any atom is -0.481 e. The van der Waals surface area contributed by atoms with E-state index >= 15 is 0 Å². The molecule has 9 nitrogen and oxygen atoms in total. The van der Waals surface area contributed by atoms with Crippen molar-refractivity contribution >= 4 is 33.5 Å². The molecule has 10 heteroatoms. The Morgan fingerprint density at radius 2 is 1.42 bits per heavy atom. The van der Waals surface area contributed by atoms with Crippen molar-refractivity contribution in [3.8, 4) is 0 Å². The number of imide groups is 1. The van der Waals surface area contributed by atoms with Gasteiger partial charge in [0.2, 0.25) is 10.0 Å². The van der Waals surface area contributed by atoms with E-state index in [0.29, 0.717) is 36.4 Å². The fraction of sp³-hybridized carbons (Fsp3) is 0.286. The molecule has 1 N–H and O–H groups in total. The van der Waals surface area contributed by atoms with Crippen molar-refractivity contribution in [3.63, 3.8) is 0 Å². The molecule has 2 aliphatic rings. The number of benzene rings is 2. The number of carboxylic acids is 1. The van der Waals surface area contributed by atoms with Crippen LogP contribution in [0.4, 0.5) is 5.69 Å². The summed E-state index contributed by atoms with van der Waals surface area (Å²) < 4.78 is 27.3. The number of carbonyl (C=O) groups is 3. The van der Waals surface area contributed by atoms with E-state index < -0.39 is 27.8 Å². The Morgan fingerprint density at radius 1 is 0.871 bits per heavy atom. The van der Waals surface area contributed by atoms with E-state index in [9.17, 15) is 22.8 Å². The average Bonchev–Trinajstić information content (AvgIpc) is 3.03. The smallest absolute Gasteiger partial charge is 0.304 e. The Kier molecular flexibility index (Phi) is 5.61. The second-order valence-corrected chi connectivity index (χ2v) is 9.31. The molecule has 2 amide bonds. The van der Waals surface area contributed by atoms with Crippen LogP contribution in [0.3, 0.4) is 0 Å². The molecular weight excluding hydrogens is 422 g/mol. The molecule has 0 saturated carbocycles. The molecule has 1 saturated heterocycles. The highest BCUT2D eigenvalue weighted by Crippen LogP contribution is 2.29. The van der Waals surface area contributed by atoms with Crippen LogP contribution < -0.4 is 4.90 Å². The van der Waals surface area contributed by atoms with E-state index in [1.165, 1.54) is 28.6 Å². The van der Waals surface area contributed by atoms with E-state index in [2.05, 4.69) is 0 Å². The zero-order valence-electron chi connectivity index (χ0n) is 16.6. The maximum atomic E-state index is 13.0. The van der Waals surface area contributed by atoms with Crippen LogP contribution in [-0.4, -0.2) is 73.2 Å². The highest BCUT2D eigenvalue weighted by Gasteiger charge is 2.36. The molecule has 2 heterocycles. The molecule has 0 aliphatic carbocycles. The van der Waals surface area contributed by atoms with Crippen molar-refractivity contribution in [3.05, 3.63) is 59.7 Å². The Labute approximate surface area is 179 Å². The minimum atomic E-state index is -3.74. The number of aliphatic carboxylic acids is 1. The molecule has 162 valence electrons. The summed E-state index contributed by atoms with van der Waals surface area (Å²) in [6.07, 6.45) is 0.0199. The SMILES string of the molecule is O=C(O)CCN1CCN(S(=O)(=O)c2ccc(N3C(=O)c4ccccc4C3=O)cc2)CC1. The molecule has 1 fully saturated rings. The first-order valence-corrected chi connectivity index (χ1v) is 11.3. The summed E-state index contributed by atoms with van der Waals surface area (Å²) in [6.45, 7) is 1.84. The predicted octanol–water partition coefficient (Wildman–Crippen LogP) is 1.27. The Hall–Kier alpha value is -3.08. The lowest BCUT2D eigenvalue weighted by Gasteiger charge is -2.33. The summed E-state index contributed by atoms with van der Waals surface area (Å²) in [5, 5.41) is 8.78. The van der Waals surface area contributed by atoms with Crippen LogP contribution in [0.1, 0.15) is 27.1 Å². The first kappa shape index (κ1) is 21.2. The number of amides is 2. The second-order valence-electron chi connectivity index (χ2n) is 7.37. The normalized spacial score (nSPS) is 17.7.